The number of amides is 1. The molecular formula is C11H9FN2O2S. The third-order valence-corrected chi connectivity index (χ3v) is 2.93. The Morgan fingerprint density at radius 3 is 2.94 bits per heavy atom. The molecule has 0 spiro atoms. The zero-order valence-corrected chi connectivity index (χ0v) is 9.75. The van der Waals surface area contributed by atoms with Crippen LogP contribution in [0.5, 0.6) is 5.75 Å². The Balaban J connectivity index is 2.08. The smallest absolute Gasteiger partial charge is 0.265 e. The summed E-state index contributed by atoms with van der Waals surface area (Å²) in [6.07, 6.45) is 1.26. The number of ether oxygens (including phenoxy) is 1. The minimum absolute atomic E-state index is 0.272. The van der Waals surface area contributed by atoms with E-state index in [0.717, 1.165) is 0 Å². The van der Waals surface area contributed by atoms with Gasteiger partial charge in [-0.1, -0.05) is 0 Å². The predicted octanol–water partition coefficient (Wildman–Crippen LogP) is 2.54. The molecule has 0 saturated heterocycles. The normalized spacial score (nSPS) is 10.0. The van der Waals surface area contributed by atoms with Gasteiger partial charge in [-0.15, -0.1) is 11.3 Å². The molecule has 2 aromatic heterocycles. The molecule has 0 fully saturated rings. The van der Waals surface area contributed by atoms with Gasteiger partial charge in [0.05, 0.1) is 23.9 Å². The lowest BCUT2D eigenvalue weighted by Crippen LogP contribution is -2.10. The molecule has 0 atom stereocenters. The molecule has 0 aliphatic carbocycles. The van der Waals surface area contributed by atoms with Crippen molar-refractivity contribution in [2.24, 2.45) is 0 Å². The van der Waals surface area contributed by atoms with E-state index in [1.165, 1.54) is 36.8 Å². The van der Waals surface area contributed by atoms with E-state index in [1.54, 1.807) is 11.4 Å². The van der Waals surface area contributed by atoms with Gasteiger partial charge < -0.3 is 10.1 Å². The number of rotatable bonds is 3. The van der Waals surface area contributed by atoms with E-state index in [1.807, 2.05) is 0 Å². The summed E-state index contributed by atoms with van der Waals surface area (Å²) in [7, 11) is 1.54. The van der Waals surface area contributed by atoms with Gasteiger partial charge in [-0.3, -0.25) is 4.79 Å². The van der Waals surface area contributed by atoms with Gasteiger partial charge in [-0.2, -0.15) is 4.39 Å². The van der Waals surface area contributed by atoms with E-state index in [0.29, 0.717) is 16.3 Å². The number of methoxy groups -OCH3 is 1. The lowest BCUT2D eigenvalue weighted by molar-refractivity contribution is 0.103. The molecule has 0 saturated carbocycles. The van der Waals surface area contributed by atoms with Gasteiger partial charge in [0.1, 0.15) is 5.75 Å². The number of carbonyl (C=O) groups is 1. The summed E-state index contributed by atoms with van der Waals surface area (Å²) >= 11 is 1.27. The number of carbonyl (C=O) groups excluding carboxylic acids is 1. The zero-order valence-electron chi connectivity index (χ0n) is 8.94. The van der Waals surface area contributed by atoms with Gasteiger partial charge in [-0.25, -0.2) is 4.98 Å². The van der Waals surface area contributed by atoms with Crippen LogP contribution in [0.4, 0.5) is 10.1 Å². The summed E-state index contributed by atoms with van der Waals surface area (Å²) in [4.78, 5) is 15.7. The van der Waals surface area contributed by atoms with Crippen LogP contribution in [0.1, 0.15) is 9.67 Å². The van der Waals surface area contributed by atoms with E-state index in [9.17, 15) is 9.18 Å². The van der Waals surface area contributed by atoms with Crippen LogP contribution in [0.15, 0.2) is 29.8 Å². The molecule has 4 nitrogen and oxygen atoms in total. The predicted molar refractivity (Wildman–Crippen MR) is 63.0 cm³/mol. The first-order chi connectivity index (χ1) is 8.19. The van der Waals surface area contributed by atoms with E-state index in [2.05, 4.69) is 10.3 Å². The lowest BCUT2D eigenvalue weighted by atomic mass is 10.4. The summed E-state index contributed by atoms with van der Waals surface area (Å²) in [6.45, 7) is 0. The highest BCUT2D eigenvalue weighted by Crippen LogP contribution is 2.22. The summed E-state index contributed by atoms with van der Waals surface area (Å²) in [5.74, 6) is -0.218. The third kappa shape index (κ3) is 2.79. The van der Waals surface area contributed by atoms with Crippen molar-refractivity contribution in [2.45, 2.75) is 0 Å². The molecule has 0 radical (unpaired) electrons. The molecule has 0 aliphatic heterocycles. The Morgan fingerprint density at radius 1 is 1.53 bits per heavy atom. The summed E-state index contributed by atoms with van der Waals surface area (Å²) < 4.78 is 17.5. The number of hydrogen-bond donors (Lipinski definition) is 1. The van der Waals surface area contributed by atoms with Crippen molar-refractivity contribution >= 4 is 22.9 Å². The van der Waals surface area contributed by atoms with E-state index < -0.39 is 5.95 Å². The Labute approximate surface area is 101 Å². The number of nitrogens with one attached hydrogen (secondary N) is 1. The van der Waals surface area contributed by atoms with Gasteiger partial charge in [-0.05, 0) is 12.1 Å². The van der Waals surface area contributed by atoms with Gasteiger partial charge in [0.25, 0.3) is 5.91 Å². The topological polar surface area (TPSA) is 51.2 Å². The van der Waals surface area contributed by atoms with Crippen molar-refractivity contribution in [3.8, 4) is 5.75 Å². The molecule has 1 N–H and O–H groups in total. The second kappa shape index (κ2) is 4.92. The second-order valence-electron chi connectivity index (χ2n) is 3.17. The number of aromatic nitrogens is 1. The monoisotopic (exact) mass is 252 g/mol. The van der Waals surface area contributed by atoms with Gasteiger partial charge >= 0.3 is 0 Å². The second-order valence-corrected chi connectivity index (χ2v) is 4.09. The van der Waals surface area contributed by atoms with Crippen LogP contribution in [-0.4, -0.2) is 18.0 Å². The van der Waals surface area contributed by atoms with Crippen molar-refractivity contribution in [3.63, 3.8) is 0 Å². The summed E-state index contributed by atoms with van der Waals surface area (Å²) in [6, 6.07) is 4.27. The van der Waals surface area contributed by atoms with E-state index in [4.69, 9.17) is 4.74 Å². The van der Waals surface area contributed by atoms with Gasteiger partial charge in [0.15, 0.2) is 0 Å². The largest absolute Gasteiger partial charge is 0.496 e. The first kappa shape index (κ1) is 11.5. The molecule has 6 heteroatoms. The van der Waals surface area contributed by atoms with Crippen LogP contribution in [0.2, 0.25) is 0 Å². The van der Waals surface area contributed by atoms with Crippen molar-refractivity contribution < 1.29 is 13.9 Å². The summed E-state index contributed by atoms with van der Waals surface area (Å²) in [5.41, 5.74) is 0.448. The van der Waals surface area contributed by atoms with Crippen molar-refractivity contribution in [2.75, 3.05) is 12.4 Å². The molecule has 2 rings (SSSR count). The van der Waals surface area contributed by atoms with E-state index >= 15 is 0 Å². The Bertz CT molecular complexity index is 525. The van der Waals surface area contributed by atoms with Crippen LogP contribution in [0.3, 0.4) is 0 Å². The maximum atomic E-state index is 12.6. The number of halogens is 1. The lowest BCUT2D eigenvalue weighted by Gasteiger charge is -2.01. The first-order valence-corrected chi connectivity index (χ1v) is 5.62. The van der Waals surface area contributed by atoms with Gasteiger partial charge in [0, 0.05) is 11.4 Å². The fourth-order valence-corrected chi connectivity index (χ4v) is 1.94. The van der Waals surface area contributed by atoms with Crippen LogP contribution in [0.25, 0.3) is 0 Å². The first-order valence-electron chi connectivity index (χ1n) is 4.74. The number of hydrogen-bond acceptors (Lipinski definition) is 4. The Hall–Kier alpha value is -1.95. The minimum atomic E-state index is -0.583. The van der Waals surface area contributed by atoms with Crippen molar-refractivity contribution in [1.82, 2.24) is 4.98 Å². The van der Waals surface area contributed by atoms with Crippen LogP contribution in [0, 0.1) is 5.95 Å². The quantitative estimate of drug-likeness (QED) is 0.854. The fourth-order valence-electron chi connectivity index (χ4n) is 1.19. The maximum Gasteiger partial charge on any atom is 0.265 e. The molecule has 0 aromatic carbocycles. The average molecular weight is 252 g/mol. The zero-order chi connectivity index (χ0) is 12.3. The molecule has 0 unspecified atom stereocenters. The fraction of sp³-hybridized carbons (Fsp3) is 0.0909. The molecular weight excluding hydrogens is 243 g/mol. The molecule has 88 valence electrons. The number of anilines is 1. The summed E-state index contributed by atoms with van der Waals surface area (Å²) in [5, 5.41) is 4.34. The molecule has 2 aromatic rings. The maximum absolute atomic E-state index is 12.6. The molecule has 0 aliphatic rings. The van der Waals surface area contributed by atoms with Crippen molar-refractivity contribution in [1.29, 1.82) is 0 Å². The van der Waals surface area contributed by atoms with Crippen LogP contribution < -0.4 is 10.1 Å². The number of pyridine rings is 1. The number of thiophene rings is 1. The highest BCUT2D eigenvalue weighted by atomic mass is 32.1. The van der Waals surface area contributed by atoms with Gasteiger partial charge in [0.2, 0.25) is 5.95 Å². The standard InChI is InChI=1S/C11H9FN2O2S/c1-16-8-4-9(17-6-8)11(15)14-7-2-3-10(12)13-5-7/h2-6H,1H3,(H,14,15). The highest BCUT2D eigenvalue weighted by molar-refractivity contribution is 7.12. The average Bonchev–Trinajstić information content (AvgIpc) is 2.81. The Kier molecular flexibility index (Phi) is 3.34. The molecule has 0 bridgehead atoms. The van der Waals surface area contributed by atoms with Crippen LogP contribution in [-0.2, 0) is 0 Å². The highest BCUT2D eigenvalue weighted by Gasteiger charge is 2.09. The van der Waals surface area contributed by atoms with Crippen molar-refractivity contribution in [3.05, 3.63) is 40.6 Å². The minimum Gasteiger partial charge on any atom is -0.496 e. The molecule has 17 heavy (non-hydrogen) atoms. The van der Waals surface area contributed by atoms with E-state index in [-0.39, 0.29) is 5.91 Å². The molecule has 1 amide bonds. The van der Waals surface area contributed by atoms with Crippen LogP contribution >= 0.6 is 11.3 Å². The Morgan fingerprint density at radius 2 is 2.35 bits per heavy atom. The number of nitrogens with zero attached hydrogens (tertiary/aromatic N) is 1. The molecule has 2 heterocycles. The SMILES string of the molecule is COc1csc(C(=O)Nc2ccc(F)nc2)c1. The third-order valence-electron chi connectivity index (χ3n) is 2.02.